The van der Waals surface area contributed by atoms with Crippen LogP contribution in [-0.2, 0) is 9.59 Å². The van der Waals surface area contributed by atoms with Crippen molar-refractivity contribution in [3.05, 3.63) is 23.8 Å². The Labute approximate surface area is 121 Å². The molecule has 0 amide bonds. The van der Waals surface area contributed by atoms with E-state index >= 15 is 0 Å². The number of nitriles is 1. The van der Waals surface area contributed by atoms with Crippen molar-refractivity contribution < 1.29 is 9.59 Å². The number of rotatable bonds is 2. The van der Waals surface area contributed by atoms with Crippen LogP contribution in [0.15, 0.2) is 23.8 Å². The summed E-state index contributed by atoms with van der Waals surface area (Å²) in [6.45, 7) is 9.94. The molecule has 0 unspecified atom stereocenters. The van der Waals surface area contributed by atoms with Gasteiger partial charge >= 0.3 is 0 Å². The van der Waals surface area contributed by atoms with E-state index in [0.29, 0.717) is 12.0 Å². The molecule has 2 atom stereocenters. The van der Waals surface area contributed by atoms with Crippen LogP contribution in [0.4, 0.5) is 0 Å². The average Bonchev–Trinajstić information content (AvgIpc) is 2.74. The van der Waals surface area contributed by atoms with Crippen molar-refractivity contribution in [3.63, 3.8) is 0 Å². The zero-order valence-corrected chi connectivity index (χ0v) is 13.8. The molecule has 0 saturated carbocycles. The number of nitrogens with zero attached hydrogens (tertiary/aromatic N) is 1. The van der Waals surface area contributed by atoms with Gasteiger partial charge in [-0.3, -0.25) is 4.79 Å². The second-order valence-corrected chi connectivity index (χ2v) is 12.4. The second-order valence-electron chi connectivity index (χ2n) is 7.42. The van der Waals surface area contributed by atoms with E-state index in [0.717, 1.165) is 0 Å². The van der Waals surface area contributed by atoms with Gasteiger partial charge in [0, 0.05) is 11.5 Å². The van der Waals surface area contributed by atoms with Crippen LogP contribution in [0.2, 0.25) is 19.6 Å². The molecule has 2 aliphatic carbocycles. The third-order valence-corrected chi connectivity index (χ3v) is 6.19. The zero-order valence-electron chi connectivity index (χ0n) is 12.8. The van der Waals surface area contributed by atoms with Crippen LogP contribution in [0.3, 0.4) is 0 Å². The summed E-state index contributed by atoms with van der Waals surface area (Å²) < 4.78 is 0. The van der Waals surface area contributed by atoms with Crippen molar-refractivity contribution in [2.45, 2.75) is 39.9 Å². The van der Waals surface area contributed by atoms with E-state index in [9.17, 15) is 14.9 Å². The van der Waals surface area contributed by atoms with Gasteiger partial charge < -0.3 is 4.79 Å². The minimum atomic E-state index is -2.08. The fraction of sp³-hybridized carbons (Fsp3) is 0.562. The fourth-order valence-electron chi connectivity index (χ4n) is 3.33. The number of carbonyl (C=O) groups excluding carboxylic acids is 2. The number of ketones is 1. The van der Waals surface area contributed by atoms with Crippen LogP contribution in [0.25, 0.3) is 0 Å². The van der Waals surface area contributed by atoms with Crippen molar-refractivity contribution in [1.82, 2.24) is 0 Å². The highest BCUT2D eigenvalue weighted by Gasteiger charge is 2.59. The standard InChI is InChI=1S/C16H21NO2Si/c1-15(2)9-8-13(18)16(10-17)11(6-7-12(15)16)14(19)20(3,4)5/h6,8-9,12H,7H2,1-5H3/t12-,16-/m0/s1. The van der Waals surface area contributed by atoms with Crippen LogP contribution in [0.5, 0.6) is 0 Å². The SMILES string of the molecule is CC1(C)C=CC(=O)[C@@]2(C#N)C(C(=O)[Si](C)(C)C)=CC[C@@H]12. The summed E-state index contributed by atoms with van der Waals surface area (Å²) in [6.07, 6.45) is 5.85. The normalized spacial score (nSPS) is 31.5. The summed E-state index contributed by atoms with van der Waals surface area (Å²) in [4.78, 5) is 25.2. The van der Waals surface area contributed by atoms with Gasteiger partial charge in [0.15, 0.2) is 11.2 Å². The lowest BCUT2D eigenvalue weighted by molar-refractivity contribution is -0.125. The monoisotopic (exact) mass is 287 g/mol. The Kier molecular flexibility index (Phi) is 3.18. The summed E-state index contributed by atoms with van der Waals surface area (Å²) >= 11 is 0. The molecule has 20 heavy (non-hydrogen) atoms. The van der Waals surface area contributed by atoms with Gasteiger partial charge in [0.1, 0.15) is 13.5 Å². The highest BCUT2D eigenvalue weighted by molar-refractivity contribution is 7.05. The molecule has 0 fully saturated rings. The quantitative estimate of drug-likeness (QED) is 0.733. The van der Waals surface area contributed by atoms with Gasteiger partial charge in [0.2, 0.25) is 0 Å². The number of fused-ring (bicyclic) bond motifs is 1. The smallest absolute Gasteiger partial charge is 0.180 e. The summed E-state index contributed by atoms with van der Waals surface area (Å²) in [7, 11) is -2.08. The molecule has 0 spiro atoms. The molecule has 0 aromatic rings. The lowest BCUT2D eigenvalue weighted by Gasteiger charge is -2.42. The van der Waals surface area contributed by atoms with Gasteiger partial charge in [-0.2, -0.15) is 5.26 Å². The Morgan fingerprint density at radius 1 is 1.40 bits per heavy atom. The summed E-state index contributed by atoms with van der Waals surface area (Å²) in [5.41, 5.74) is -1.04. The first-order valence-electron chi connectivity index (χ1n) is 6.98. The molecular weight excluding hydrogens is 266 g/mol. The highest BCUT2D eigenvalue weighted by atomic mass is 28.3. The Bertz CT molecular complexity index is 587. The molecule has 2 aliphatic rings. The number of allylic oxidation sites excluding steroid dienone is 4. The molecule has 106 valence electrons. The first-order valence-corrected chi connectivity index (χ1v) is 10.5. The van der Waals surface area contributed by atoms with E-state index < -0.39 is 13.5 Å². The molecular formula is C16H21NO2Si. The second kappa shape index (κ2) is 4.26. The van der Waals surface area contributed by atoms with Crippen LogP contribution in [-0.4, -0.2) is 19.3 Å². The van der Waals surface area contributed by atoms with Crippen LogP contribution < -0.4 is 0 Å². The molecule has 2 rings (SSSR count). The number of carbonyl (C=O) groups is 2. The largest absolute Gasteiger partial charge is 0.300 e. The predicted molar refractivity (Wildman–Crippen MR) is 80.5 cm³/mol. The highest BCUT2D eigenvalue weighted by Crippen LogP contribution is 2.56. The first kappa shape index (κ1) is 14.9. The van der Waals surface area contributed by atoms with Crippen molar-refractivity contribution >= 4 is 19.3 Å². The van der Waals surface area contributed by atoms with Gasteiger partial charge in [0.25, 0.3) is 0 Å². The van der Waals surface area contributed by atoms with Crippen LogP contribution >= 0.6 is 0 Å². The third-order valence-electron chi connectivity index (χ3n) is 4.56. The van der Waals surface area contributed by atoms with Crippen molar-refractivity contribution in [1.29, 1.82) is 5.26 Å². The Balaban J connectivity index is 2.61. The first-order chi connectivity index (χ1) is 9.07. The average molecular weight is 287 g/mol. The number of hydrogen-bond donors (Lipinski definition) is 0. The van der Waals surface area contributed by atoms with Crippen LogP contribution in [0, 0.1) is 28.1 Å². The molecule has 0 N–H and O–H groups in total. The molecule has 0 bridgehead atoms. The van der Waals surface area contributed by atoms with Crippen LogP contribution in [0.1, 0.15) is 20.3 Å². The van der Waals surface area contributed by atoms with E-state index in [4.69, 9.17) is 0 Å². The molecule has 0 heterocycles. The maximum absolute atomic E-state index is 12.7. The molecule has 0 aromatic carbocycles. The lowest BCUT2D eigenvalue weighted by atomic mass is 9.58. The summed E-state index contributed by atoms with van der Waals surface area (Å²) in [6, 6.07) is 2.22. The van der Waals surface area contributed by atoms with E-state index in [1.807, 2.05) is 45.6 Å². The Morgan fingerprint density at radius 2 is 2.00 bits per heavy atom. The maximum atomic E-state index is 12.7. The molecule has 0 radical (unpaired) electrons. The minimum absolute atomic E-state index is 0.0426. The van der Waals surface area contributed by atoms with E-state index in [1.54, 1.807) is 0 Å². The maximum Gasteiger partial charge on any atom is 0.180 e. The van der Waals surface area contributed by atoms with Gasteiger partial charge in [-0.25, -0.2) is 0 Å². The van der Waals surface area contributed by atoms with Crippen molar-refractivity contribution in [2.24, 2.45) is 16.7 Å². The van der Waals surface area contributed by atoms with Gasteiger partial charge in [-0.05, 0) is 17.9 Å². The van der Waals surface area contributed by atoms with Gasteiger partial charge in [-0.15, -0.1) is 0 Å². The van der Waals surface area contributed by atoms with E-state index in [1.165, 1.54) is 6.08 Å². The fourth-order valence-corrected chi connectivity index (χ4v) is 4.44. The van der Waals surface area contributed by atoms with Crippen molar-refractivity contribution in [3.8, 4) is 6.07 Å². The summed E-state index contributed by atoms with van der Waals surface area (Å²) in [5.74, 6) is -0.354. The molecule has 3 nitrogen and oxygen atoms in total. The van der Waals surface area contributed by atoms with E-state index in [-0.39, 0.29) is 22.5 Å². The minimum Gasteiger partial charge on any atom is -0.300 e. The molecule has 0 aliphatic heterocycles. The predicted octanol–water partition coefficient (Wildman–Crippen LogP) is 3.05. The number of hydrogen-bond acceptors (Lipinski definition) is 3. The Morgan fingerprint density at radius 3 is 2.50 bits per heavy atom. The van der Waals surface area contributed by atoms with Gasteiger partial charge in [-0.1, -0.05) is 45.6 Å². The van der Waals surface area contributed by atoms with Crippen molar-refractivity contribution in [2.75, 3.05) is 0 Å². The summed E-state index contributed by atoms with van der Waals surface area (Å²) in [5, 5.41) is 9.80. The lowest BCUT2D eigenvalue weighted by Crippen LogP contribution is -2.49. The van der Waals surface area contributed by atoms with E-state index in [2.05, 4.69) is 6.07 Å². The van der Waals surface area contributed by atoms with Gasteiger partial charge in [0.05, 0.1) is 6.07 Å². The molecule has 0 saturated heterocycles. The topological polar surface area (TPSA) is 57.9 Å². The zero-order chi connectivity index (χ0) is 15.3. The molecule has 0 aromatic heterocycles. The third kappa shape index (κ3) is 1.84. The Hall–Kier alpha value is -1.47. The molecule has 4 heteroatoms.